The van der Waals surface area contributed by atoms with E-state index in [1.165, 1.54) is 11.3 Å². The quantitative estimate of drug-likeness (QED) is 0.691. The van der Waals surface area contributed by atoms with E-state index in [9.17, 15) is 0 Å². The monoisotopic (exact) mass is 417 g/mol. The second kappa shape index (κ2) is 8.39. The molecule has 2 rings (SSSR count). The summed E-state index contributed by atoms with van der Waals surface area (Å²) < 4.78 is 2.25. The first-order valence-corrected chi connectivity index (χ1v) is 8.83. The van der Waals surface area contributed by atoms with Crippen LogP contribution in [0.2, 0.25) is 0 Å². The maximum absolute atomic E-state index is 4.76. The van der Waals surface area contributed by atoms with Crippen molar-refractivity contribution in [3.63, 3.8) is 0 Å². The third-order valence-electron chi connectivity index (χ3n) is 4.74. The van der Waals surface area contributed by atoms with Gasteiger partial charge >= 0.3 is 0 Å². The molecule has 2 unspecified atom stereocenters. The number of nitrogens with zero attached hydrogens (tertiary/aromatic N) is 3. The van der Waals surface area contributed by atoms with Crippen LogP contribution in [0.4, 0.5) is 5.82 Å². The van der Waals surface area contributed by atoms with Crippen molar-refractivity contribution in [1.82, 2.24) is 14.5 Å². The largest absolute Gasteiger partial charge is 0.466 e. The van der Waals surface area contributed by atoms with E-state index in [2.05, 4.69) is 83.2 Å². The summed E-state index contributed by atoms with van der Waals surface area (Å²) in [4.78, 5) is 9.43. The standard InChI is InChI=1S/C20H32N4.Y/c1-10-12(2)13(3)11-24-15(5)14(4)17-18(23-20(7,8)9)21-16(6)22-19(17)24;/h10-13H,1-9H3,(H,21,22,23);/q-2;. The summed E-state index contributed by atoms with van der Waals surface area (Å²) in [6.45, 7) is 21.7. The third kappa shape index (κ3) is 4.97. The van der Waals surface area contributed by atoms with Crippen molar-refractivity contribution >= 4 is 16.9 Å². The number of fused-ring (bicyclic) bond motifs is 1. The SMILES string of the molecule is C[CH-]C(C)C(C)[CH-]n1c(C)c(C)c2c(NC(C)(C)C)nc(C)nc21.[Y]. The van der Waals surface area contributed by atoms with Crippen LogP contribution in [0.15, 0.2) is 0 Å². The first-order chi connectivity index (χ1) is 11.0. The summed E-state index contributed by atoms with van der Waals surface area (Å²) in [7, 11) is 0. The van der Waals surface area contributed by atoms with E-state index in [0.717, 1.165) is 22.7 Å². The van der Waals surface area contributed by atoms with Crippen LogP contribution in [0.5, 0.6) is 0 Å². The Hall–Kier alpha value is -0.606. The molecule has 4 nitrogen and oxygen atoms in total. The zero-order valence-electron chi connectivity index (χ0n) is 17.2. The third-order valence-corrected chi connectivity index (χ3v) is 4.74. The maximum Gasteiger partial charge on any atom is 0.126 e. The van der Waals surface area contributed by atoms with Gasteiger partial charge in [0, 0.05) is 43.9 Å². The summed E-state index contributed by atoms with van der Waals surface area (Å²) in [5, 5.41) is 4.68. The van der Waals surface area contributed by atoms with Gasteiger partial charge in [-0.3, -0.25) is 4.98 Å². The van der Waals surface area contributed by atoms with Crippen LogP contribution in [-0.2, 0) is 32.7 Å². The summed E-state index contributed by atoms with van der Waals surface area (Å²) >= 11 is 0. The molecule has 0 saturated heterocycles. The topological polar surface area (TPSA) is 42.7 Å². The fraction of sp³-hybridized carbons (Fsp3) is 0.600. The second-order valence-electron chi connectivity index (χ2n) is 7.97. The Morgan fingerprint density at radius 3 is 2.16 bits per heavy atom. The summed E-state index contributed by atoms with van der Waals surface area (Å²) in [5.74, 6) is 2.69. The Morgan fingerprint density at radius 2 is 1.64 bits per heavy atom. The Labute approximate surface area is 178 Å². The number of aromatic nitrogens is 3. The molecule has 0 saturated carbocycles. The molecule has 1 radical (unpaired) electrons. The second-order valence-corrected chi connectivity index (χ2v) is 7.97. The molecule has 0 fully saturated rings. The van der Waals surface area contributed by atoms with E-state index in [1.807, 2.05) is 6.92 Å². The molecule has 0 spiro atoms. The normalized spacial score (nSPS) is 14.1. The Morgan fingerprint density at radius 1 is 1.04 bits per heavy atom. The summed E-state index contributed by atoms with van der Waals surface area (Å²) in [6.07, 6.45) is 2.25. The van der Waals surface area contributed by atoms with Crippen LogP contribution in [0.25, 0.3) is 11.0 Å². The molecular formula is C20H32N4Y-2. The van der Waals surface area contributed by atoms with Crippen molar-refractivity contribution in [3.05, 3.63) is 30.0 Å². The van der Waals surface area contributed by atoms with Crippen molar-refractivity contribution < 1.29 is 32.7 Å². The number of aryl methyl sites for hydroxylation is 2. The zero-order valence-corrected chi connectivity index (χ0v) is 20.1. The van der Waals surface area contributed by atoms with E-state index in [1.54, 1.807) is 0 Å². The van der Waals surface area contributed by atoms with Gasteiger partial charge in [-0.05, 0) is 40.0 Å². The zero-order chi connectivity index (χ0) is 18.2. The van der Waals surface area contributed by atoms with Gasteiger partial charge in [0.1, 0.15) is 11.6 Å². The van der Waals surface area contributed by atoms with Crippen LogP contribution >= 0.6 is 0 Å². The minimum atomic E-state index is -0.0428. The number of nitrogens with one attached hydrogen (secondary N) is 1. The van der Waals surface area contributed by atoms with Crippen molar-refractivity contribution in [2.24, 2.45) is 11.8 Å². The fourth-order valence-electron chi connectivity index (χ4n) is 2.90. The molecule has 0 aliphatic heterocycles. The average molecular weight is 417 g/mol. The van der Waals surface area contributed by atoms with Crippen molar-refractivity contribution in [2.45, 2.75) is 67.9 Å². The first-order valence-electron chi connectivity index (χ1n) is 8.83. The number of rotatable bonds is 5. The van der Waals surface area contributed by atoms with E-state index in [-0.39, 0.29) is 38.2 Å². The molecule has 0 aliphatic carbocycles. The van der Waals surface area contributed by atoms with Gasteiger partial charge < -0.3 is 16.3 Å². The smallest absolute Gasteiger partial charge is 0.126 e. The van der Waals surface area contributed by atoms with Gasteiger partial charge in [-0.15, -0.1) is 6.54 Å². The summed E-state index contributed by atoms with van der Waals surface area (Å²) in [6, 6.07) is 0. The number of hydrogen-bond acceptors (Lipinski definition) is 3. The van der Waals surface area contributed by atoms with Crippen LogP contribution in [0.1, 0.15) is 58.6 Å². The van der Waals surface area contributed by atoms with Gasteiger partial charge in [-0.1, -0.05) is 37.9 Å². The van der Waals surface area contributed by atoms with Crippen LogP contribution in [-0.4, -0.2) is 20.1 Å². The molecule has 0 aromatic carbocycles. The molecule has 1 N–H and O–H groups in total. The molecule has 2 heterocycles. The van der Waals surface area contributed by atoms with Crippen LogP contribution in [0, 0.1) is 45.6 Å². The fourth-order valence-corrected chi connectivity index (χ4v) is 2.90. The van der Waals surface area contributed by atoms with Crippen LogP contribution < -0.4 is 5.32 Å². The van der Waals surface area contributed by atoms with Gasteiger partial charge in [0.15, 0.2) is 0 Å². The Kier molecular flexibility index (Phi) is 7.53. The van der Waals surface area contributed by atoms with Gasteiger partial charge in [-0.25, -0.2) is 4.98 Å². The average Bonchev–Trinajstić information content (AvgIpc) is 2.69. The molecular weight excluding hydrogens is 385 g/mol. The van der Waals surface area contributed by atoms with Gasteiger partial charge in [-0.2, -0.15) is 12.8 Å². The molecule has 137 valence electrons. The predicted molar refractivity (Wildman–Crippen MR) is 103 cm³/mol. The van der Waals surface area contributed by atoms with Crippen molar-refractivity contribution in [1.29, 1.82) is 0 Å². The van der Waals surface area contributed by atoms with Gasteiger partial charge in [0.25, 0.3) is 0 Å². The molecule has 5 heteroatoms. The minimum Gasteiger partial charge on any atom is -0.466 e. The van der Waals surface area contributed by atoms with E-state index >= 15 is 0 Å². The molecule has 2 aromatic heterocycles. The van der Waals surface area contributed by atoms with Crippen LogP contribution in [0.3, 0.4) is 0 Å². The number of hydrogen-bond donors (Lipinski definition) is 1. The van der Waals surface area contributed by atoms with Gasteiger partial charge in [0.05, 0.1) is 0 Å². The maximum atomic E-state index is 4.76. The van der Waals surface area contributed by atoms with E-state index < -0.39 is 0 Å². The van der Waals surface area contributed by atoms with Crippen molar-refractivity contribution in [3.8, 4) is 0 Å². The number of anilines is 1. The molecule has 2 atom stereocenters. The first kappa shape index (κ1) is 22.4. The van der Waals surface area contributed by atoms with E-state index in [0.29, 0.717) is 11.8 Å². The molecule has 2 aromatic rings. The predicted octanol–water partition coefficient (Wildman–Crippen LogP) is 5.07. The molecule has 0 aliphatic rings. The van der Waals surface area contributed by atoms with E-state index in [4.69, 9.17) is 4.98 Å². The summed E-state index contributed by atoms with van der Waals surface area (Å²) in [5.41, 5.74) is 3.43. The molecule has 0 bridgehead atoms. The molecule has 25 heavy (non-hydrogen) atoms. The minimum absolute atomic E-state index is 0. The molecule has 0 amide bonds. The Bertz CT molecular complexity index is 728. The van der Waals surface area contributed by atoms with Crippen molar-refractivity contribution in [2.75, 3.05) is 5.32 Å². The Balaban J connectivity index is 0.00000312. The van der Waals surface area contributed by atoms with Gasteiger partial charge in [0.2, 0.25) is 0 Å².